The lowest BCUT2D eigenvalue weighted by Gasteiger charge is -2.07. The van der Waals surface area contributed by atoms with Crippen LogP contribution in [-0.2, 0) is 10.0 Å². The van der Waals surface area contributed by atoms with E-state index in [-0.39, 0.29) is 24.7 Å². The summed E-state index contributed by atoms with van der Waals surface area (Å²) < 4.78 is 24.6. The molecule has 100 valence electrons. The van der Waals surface area contributed by atoms with E-state index in [0.29, 0.717) is 10.5 Å². The maximum absolute atomic E-state index is 11.7. The van der Waals surface area contributed by atoms with Gasteiger partial charge < -0.3 is 5.32 Å². The average Bonchev–Trinajstić information content (AvgIpc) is 2.35. The van der Waals surface area contributed by atoms with Gasteiger partial charge in [-0.25, -0.2) is 13.1 Å². The largest absolute Gasteiger partial charge is 0.351 e. The van der Waals surface area contributed by atoms with E-state index in [2.05, 4.69) is 22.7 Å². The number of sulfonamides is 1. The topological polar surface area (TPSA) is 75.3 Å². The zero-order chi connectivity index (χ0) is 13.6. The first-order chi connectivity index (χ1) is 8.46. The number of carbonyl (C=O) groups excluding carboxylic acids is 1. The number of hydrogen-bond donors (Lipinski definition) is 3. The van der Waals surface area contributed by atoms with Gasteiger partial charge in [0.2, 0.25) is 10.0 Å². The lowest BCUT2D eigenvalue weighted by atomic mass is 10.2. The van der Waals surface area contributed by atoms with Crippen LogP contribution in [0.2, 0.25) is 0 Å². The van der Waals surface area contributed by atoms with Crippen molar-refractivity contribution in [3.05, 3.63) is 29.8 Å². The summed E-state index contributed by atoms with van der Waals surface area (Å²) in [7, 11) is -3.21. The molecule has 0 saturated heterocycles. The minimum Gasteiger partial charge on any atom is -0.351 e. The van der Waals surface area contributed by atoms with Crippen molar-refractivity contribution in [1.82, 2.24) is 10.0 Å². The Morgan fingerprint density at radius 2 is 1.94 bits per heavy atom. The maximum Gasteiger partial charge on any atom is 0.252 e. The normalized spacial score (nSPS) is 11.2. The Balaban J connectivity index is 2.42. The van der Waals surface area contributed by atoms with E-state index in [1.165, 1.54) is 0 Å². The van der Waals surface area contributed by atoms with Crippen LogP contribution >= 0.6 is 12.6 Å². The van der Waals surface area contributed by atoms with Crippen molar-refractivity contribution in [3.8, 4) is 0 Å². The van der Waals surface area contributed by atoms with Crippen LogP contribution in [0.1, 0.15) is 17.3 Å². The van der Waals surface area contributed by atoms with Crippen LogP contribution < -0.4 is 10.0 Å². The number of rotatable bonds is 6. The van der Waals surface area contributed by atoms with Crippen molar-refractivity contribution in [2.75, 3.05) is 18.8 Å². The van der Waals surface area contributed by atoms with E-state index in [1.54, 1.807) is 31.2 Å². The molecule has 0 spiro atoms. The van der Waals surface area contributed by atoms with Gasteiger partial charge in [0.25, 0.3) is 5.91 Å². The van der Waals surface area contributed by atoms with Gasteiger partial charge in [-0.1, -0.05) is 12.1 Å². The summed E-state index contributed by atoms with van der Waals surface area (Å²) in [6.07, 6.45) is 0. The molecule has 0 radical (unpaired) electrons. The number of thiol groups is 1. The summed E-state index contributed by atoms with van der Waals surface area (Å²) >= 11 is 4.17. The Kier molecular flexibility index (Phi) is 5.64. The molecule has 1 amide bonds. The van der Waals surface area contributed by atoms with Crippen molar-refractivity contribution < 1.29 is 13.2 Å². The predicted octanol–water partition coefficient (Wildman–Crippen LogP) is 0.644. The second-order valence-electron chi connectivity index (χ2n) is 3.57. The van der Waals surface area contributed by atoms with Crippen LogP contribution in [0.4, 0.5) is 0 Å². The first-order valence-corrected chi connectivity index (χ1v) is 7.59. The minimum absolute atomic E-state index is 0.0282. The van der Waals surface area contributed by atoms with Crippen LogP contribution in [0.15, 0.2) is 29.2 Å². The van der Waals surface area contributed by atoms with Crippen molar-refractivity contribution in [2.24, 2.45) is 0 Å². The fourth-order valence-electron chi connectivity index (χ4n) is 1.25. The van der Waals surface area contributed by atoms with Crippen LogP contribution in [-0.4, -0.2) is 33.2 Å². The summed E-state index contributed by atoms with van der Waals surface area (Å²) in [5.41, 5.74) is 0.471. The van der Waals surface area contributed by atoms with Crippen LogP contribution in [0.5, 0.6) is 0 Å². The quantitative estimate of drug-likeness (QED) is 0.531. The highest BCUT2D eigenvalue weighted by Gasteiger charge is 2.09. The minimum atomic E-state index is -3.21. The highest BCUT2D eigenvalue weighted by molar-refractivity contribution is 7.89. The molecule has 0 bridgehead atoms. The Bertz CT molecular complexity index is 515. The van der Waals surface area contributed by atoms with E-state index in [9.17, 15) is 13.2 Å². The SMILES string of the molecule is CCS(=O)(=O)NCCNC(=O)c1ccccc1S. The summed E-state index contributed by atoms with van der Waals surface area (Å²) in [5.74, 6) is -0.239. The highest BCUT2D eigenvalue weighted by atomic mass is 32.2. The van der Waals surface area contributed by atoms with Gasteiger partial charge in [-0.3, -0.25) is 4.79 Å². The van der Waals surface area contributed by atoms with Crippen molar-refractivity contribution >= 4 is 28.6 Å². The fraction of sp³-hybridized carbons (Fsp3) is 0.364. The molecular weight excluding hydrogens is 272 g/mol. The number of benzene rings is 1. The van der Waals surface area contributed by atoms with E-state index in [0.717, 1.165) is 0 Å². The van der Waals surface area contributed by atoms with E-state index < -0.39 is 10.0 Å². The zero-order valence-corrected chi connectivity index (χ0v) is 11.7. The van der Waals surface area contributed by atoms with E-state index in [1.807, 2.05) is 0 Å². The van der Waals surface area contributed by atoms with Crippen LogP contribution in [0, 0.1) is 0 Å². The summed E-state index contributed by atoms with van der Waals surface area (Å²) in [4.78, 5) is 12.3. The third-order valence-corrected chi connectivity index (χ3v) is 4.06. The second kappa shape index (κ2) is 6.77. The molecule has 5 nitrogen and oxygen atoms in total. The first kappa shape index (κ1) is 15.0. The molecule has 18 heavy (non-hydrogen) atoms. The molecule has 0 atom stereocenters. The molecule has 0 aromatic heterocycles. The standard InChI is InChI=1S/C11H16N2O3S2/c1-2-18(15,16)13-8-7-12-11(14)9-5-3-4-6-10(9)17/h3-6,13,17H,2,7-8H2,1H3,(H,12,14). The van der Waals surface area contributed by atoms with Crippen molar-refractivity contribution in [3.63, 3.8) is 0 Å². The lowest BCUT2D eigenvalue weighted by molar-refractivity contribution is 0.0951. The summed E-state index contributed by atoms with van der Waals surface area (Å²) in [6, 6.07) is 6.91. The molecule has 2 N–H and O–H groups in total. The van der Waals surface area contributed by atoms with Crippen LogP contribution in [0.3, 0.4) is 0 Å². The Morgan fingerprint density at radius 3 is 2.56 bits per heavy atom. The van der Waals surface area contributed by atoms with Crippen molar-refractivity contribution in [2.45, 2.75) is 11.8 Å². The Morgan fingerprint density at radius 1 is 1.28 bits per heavy atom. The van der Waals surface area contributed by atoms with Gasteiger partial charge >= 0.3 is 0 Å². The summed E-state index contributed by atoms with van der Waals surface area (Å²) in [6.45, 7) is 1.97. The van der Waals surface area contributed by atoms with Gasteiger partial charge in [-0.2, -0.15) is 0 Å². The number of hydrogen-bond acceptors (Lipinski definition) is 4. The monoisotopic (exact) mass is 288 g/mol. The molecule has 1 aromatic rings. The van der Waals surface area contributed by atoms with Gasteiger partial charge in [-0.15, -0.1) is 12.6 Å². The molecule has 1 aromatic carbocycles. The average molecular weight is 288 g/mol. The number of carbonyl (C=O) groups is 1. The Labute approximate surface area is 112 Å². The molecule has 0 aliphatic carbocycles. The van der Waals surface area contributed by atoms with Gasteiger partial charge in [0.15, 0.2) is 0 Å². The molecule has 0 unspecified atom stereocenters. The molecule has 0 heterocycles. The van der Waals surface area contributed by atoms with Gasteiger partial charge in [0.05, 0.1) is 11.3 Å². The van der Waals surface area contributed by atoms with Crippen molar-refractivity contribution in [1.29, 1.82) is 0 Å². The molecule has 1 rings (SSSR count). The van der Waals surface area contributed by atoms with Crippen LogP contribution in [0.25, 0.3) is 0 Å². The molecule has 0 fully saturated rings. The lowest BCUT2D eigenvalue weighted by Crippen LogP contribution is -2.35. The Hall–Kier alpha value is -1.05. The molecule has 0 aliphatic heterocycles. The molecule has 0 saturated carbocycles. The zero-order valence-electron chi connectivity index (χ0n) is 10.0. The van der Waals surface area contributed by atoms with Gasteiger partial charge in [0, 0.05) is 18.0 Å². The highest BCUT2D eigenvalue weighted by Crippen LogP contribution is 2.12. The third kappa shape index (κ3) is 4.67. The van der Waals surface area contributed by atoms with Gasteiger partial charge in [-0.05, 0) is 19.1 Å². The molecule has 0 aliphatic rings. The third-order valence-electron chi connectivity index (χ3n) is 2.26. The second-order valence-corrected chi connectivity index (χ2v) is 6.15. The first-order valence-electron chi connectivity index (χ1n) is 5.50. The number of nitrogens with one attached hydrogen (secondary N) is 2. The predicted molar refractivity (Wildman–Crippen MR) is 73.5 cm³/mol. The van der Waals surface area contributed by atoms with E-state index >= 15 is 0 Å². The molecule has 7 heteroatoms. The number of amides is 1. The molecular formula is C11H16N2O3S2. The smallest absolute Gasteiger partial charge is 0.252 e. The van der Waals surface area contributed by atoms with Gasteiger partial charge in [0.1, 0.15) is 0 Å². The maximum atomic E-state index is 11.7. The van der Waals surface area contributed by atoms with E-state index in [4.69, 9.17) is 0 Å². The summed E-state index contributed by atoms with van der Waals surface area (Å²) in [5, 5.41) is 2.62. The fourth-order valence-corrected chi connectivity index (χ4v) is 2.12.